The summed E-state index contributed by atoms with van der Waals surface area (Å²) in [5.41, 5.74) is 0.895. The molecular weight excluding hydrogens is 240 g/mol. The highest BCUT2D eigenvalue weighted by atomic mass is 35.5. The molecule has 2 heterocycles. The van der Waals surface area contributed by atoms with Crippen LogP contribution in [0.15, 0.2) is 23.0 Å². The highest BCUT2D eigenvalue weighted by molar-refractivity contribution is 6.30. The van der Waals surface area contributed by atoms with E-state index >= 15 is 0 Å². The Balaban J connectivity index is 1.94. The first-order valence-corrected chi connectivity index (χ1v) is 5.87. The highest BCUT2D eigenvalue weighted by Gasteiger charge is 2.06. The van der Waals surface area contributed by atoms with Crippen LogP contribution in [0.1, 0.15) is 25.3 Å². The normalized spacial score (nSPS) is 11.3. The number of aromatic nitrogens is 3. The third-order valence-corrected chi connectivity index (χ3v) is 2.41. The third kappa shape index (κ3) is 3.57. The molecule has 0 bridgehead atoms. The first-order chi connectivity index (χ1) is 8.13. The number of nitrogens with one attached hydrogen (secondary N) is 1. The van der Waals surface area contributed by atoms with Crippen LogP contribution in [0.3, 0.4) is 0 Å². The van der Waals surface area contributed by atoms with Crippen LogP contribution in [0.5, 0.6) is 0 Å². The topological polar surface area (TPSA) is 55.9 Å². The van der Waals surface area contributed by atoms with Gasteiger partial charge in [-0.2, -0.15) is 5.10 Å². The number of nitrogens with zero attached hydrogens (tertiary/aromatic N) is 3. The number of hydrogen-bond acceptors (Lipinski definition) is 4. The SMILES string of the molecule is CC(C)NCc1cc(Cn2cc(Cl)cn2)on1. The van der Waals surface area contributed by atoms with Crippen molar-refractivity contribution in [1.29, 1.82) is 0 Å². The molecule has 1 N–H and O–H groups in total. The van der Waals surface area contributed by atoms with Gasteiger partial charge in [0.05, 0.1) is 16.9 Å². The summed E-state index contributed by atoms with van der Waals surface area (Å²) in [6.45, 7) is 5.43. The van der Waals surface area contributed by atoms with Gasteiger partial charge < -0.3 is 9.84 Å². The van der Waals surface area contributed by atoms with Crippen LogP contribution < -0.4 is 5.32 Å². The molecule has 17 heavy (non-hydrogen) atoms. The molecule has 0 fully saturated rings. The Bertz CT molecular complexity index is 477. The summed E-state index contributed by atoms with van der Waals surface area (Å²) in [6.07, 6.45) is 3.34. The van der Waals surface area contributed by atoms with Gasteiger partial charge in [0.25, 0.3) is 0 Å². The molecule has 0 aliphatic heterocycles. The molecule has 0 saturated heterocycles. The molecule has 0 aliphatic carbocycles. The Morgan fingerprint density at radius 3 is 3.00 bits per heavy atom. The molecule has 0 aromatic carbocycles. The lowest BCUT2D eigenvalue weighted by molar-refractivity contribution is 0.363. The van der Waals surface area contributed by atoms with E-state index in [0.29, 0.717) is 24.2 Å². The zero-order chi connectivity index (χ0) is 12.3. The summed E-state index contributed by atoms with van der Waals surface area (Å²) in [7, 11) is 0. The monoisotopic (exact) mass is 254 g/mol. The molecule has 2 aromatic heterocycles. The lowest BCUT2D eigenvalue weighted by Gasteiger charge is -2.03. The predicted molar refractivity (Wildman–Crippen MR) is 64.8 cm³/mol. The van der Waals surface area contributed by atoms with Crippen molar-refractivity contribution in [2.75, 3.05) is 0 Å². The van der Waals surface area contributed by atoms with Crippen molar-refractivity contribution in [3.8, 4) is 0 Å². The average Bonchev–Trinajstić information content (AvgIpc) is 2.86. The fourth-order valence-electron chi connectivity index (χ4n) is 1.41. The molecule has 0 spiro atoms. The van der Waals surface area contributed by atoms with E-state index in [-0.39, 0.29) is 0 Å². The van der Waals surface area contributed by atoms with E-state index in [1.165, 1.54) is 0 Å². The molecule has 0 radical (unpaired) electrons. The second kappa shape index (κ2) is 5.33. The van der Waals surface area contributed by atoms with E-state index in [4.69, 9.17) is 16.1 Å². The van der Waals surface area contributed by atoms with E-state index < -0.39 is 0 Å². The summed E-state index contributed by atoms with van der Waals surface area (Å²) >= 11 is 5.78. The first-order valence-electron chi connectivity index (χ1n) is 5.49. The minimum absolute atomic E-state index is 0.431. The van der Waals surface area contributed by atoms with Crippen LogP contribution >= 0.6 is 11.6 Å². The molecule has 0 amide bonds. The van der Waals surface area contributed by atoms with Crippen molar-refractivity contribution in [2.24, 2.45) is 0 Å². The van der Waals surface area contributed by atoms with Crippen molar-refractivity contribution < 1.29 is 4.52 Å². The minimum Gasteiger partial charge on any atom is -0.359 e. The molecule has 6 heteroatoms. The van der Waals surface area contributed by atoms with Crippen molar-refractivity contribution in [3.63, 3.8) is 0 Å². The maximum atomic E-state index is 5.78. The Morgan fingerprint density at radius 1 is 1.53 bits per heavy atom. The zero-order valence-electron chi connectivity index (χ0n) is 9.85. The Kier molecular flexibility index (Phi) is 3.81. The van der Waals surface area contributed by atoms with Gasteiger partial charge in [0, 0.05) is 24.8 Å². The van der Waals surface area contributed by atoms with Crippen molar-refractivity contribution in [1.82, 2.24) is 20.3 Å². The maximum Gasteiger partial charge on any atom is 0.158 e. The van der Waals surface area contributed by atoms with E-state index in [9.17, 15) is 0 Å². The van der Waals surface area contributed by atoms with Crippen LogP contribution in [-0.4, -0.2) is 21.0 Å². The second-order valence-electron chi connectivity index (χ2n) is 4.18. The average molecular weight is 255 g/mol. The van der Waals surface area contributed by atoms with E-state index in [1.54, 1.807) is 17.1 Å². The molecular formula is C11H15ClN4O. The van der Waals surface area contributed by atoms with Gasteiger partial charge in [-0.15, -0.1) is 0 Å². The minimum atomic E-state index is 0.431. The fourth-order valence-corrected chi connectivity index (χ4v) is 1.56. The fraction of sp³-hybridized carbons (Fsp3) is 0.455. The Hall–Kier alpha value is -1.33. The van der Waals surface area contributed by atoms with E-state index in [1.807, 2.05) is 6.07 Å². The Morgan fingerprint density at radius 2 is 2.35 bits per heavy atom. The number of halogens is 1. The van der Waals surface area contributed by atoms with Gasteiger partial charge in [-0.25, -0.2) is 0 Å². The molecule has 5 nitrogen and oxygen atoms in total. The van der Waals surface area contributed by atoms with Gasteiger partial charge in [0.1, 0.15) is 6.54 Å². The standard InChI is InChI=1S/C11H15ClN4O/c1-8(2)13-5-10-3-11(17-15-10)7-16-6-9(12)4-14-16/h3-4,6,8,13H,5,7H2,1-2H3. The van der Waals surface area contributed by atoms with Crippen molar-refractivity contribution in [3.05, 3.63) is 34.9 Å². The van der Waals surface area contributed by atoms with Gasteiger partial charge in [0.2, 0.25) is 0 Å². The van der Waals surface area contributed by atoms with Crippen LogP contribution in [0, 0.1) is 0 Å². The van der Waals surface area contributed by atoms with Gasteiger partial charge in [0.15, 0.2) is 5.76 Å². The number of hydrogen-bond donors (Lipinski definition) is 1. The largest absolute Gasteiger partial charge is 0.359 e. The Labute approximate surface area is 105 Å². The summed E-state index contributed by atoms with van der Waals surface area (Å²) in [4.78, 5) is 0. The van der Waals surface area contributed by atoms with Crippen LogP contribution in [-0.2, 0) is 13.1 Å². The van der Waals surface area contributed by atoms with Crippen LogP contribution in [0.25, 0.3) is 0 Å². The molecule has 0 atom stereocenters. The smallest absolute Gasteiger partial charge is 0.158 e. The van der Waals surface area contributed by atoms with Gasteiger partial charge in [-0.3, -0.25) is 4.68 Å². The molecule has 2 aromatic rings. The van der Waals surface area contributed by atoms with Crippen molar-refractivity contribution in [2.45, 2.75) is 33.0 Å². The van der Waals surface area contributed by atoms with Crippen LogP contribution in [0.2, 0.25) is 5.02 Å². The predicted octanol–water partition coefficient (Wildman–Crippen LogP) is 2.07. The van der Waals surface area contributed by atoms with Crippen LogP contribution in [0.4, 0.5) is 0 Å². The summed E-state index contributed by atoms with van der Waals surface area (Å²) in [5.74, 6) is 0.769. The second-order valence-corrected chi connectivity index (χ2v) is 4.61. The highest BCUT2D eigenvalue weighted by Crippen LogP contribution is 2.09. The lowest BCUT2D eigenvalue weighted by atomic mass is 10.3. The molecule has 0 saturated carbocycles. The van der Waals surface area contributed by atoms with Gasteiger partial charge >= 0.3 is 0 Å². The summed E-state index contributed by atoms with van der Waals surface area (Å²) in [6, 6.07) is 2.35. The summed E-state index contributed by atoms with van der Waals surface area (Å²) in [5, 5.41) is 11.9. The summed E-state index contributed by atoms with van der Waals surface area (Å²) < 4.78 is 6.93. The van der Waals surface area contributed by atoms with E-state index in [2.05, 4.69) is 29.4 Å². The third-order valence-electron chi connectivity index (χ3n) is 2.22. The molecule has 92 valence electrons. The molecule has 2 rings (SSSR count). The molecule has 0 unspecified atom stereocenters. The van der Waals surface area contributed by atoms with E-state index in [0.717, 1.165) is 11.5 Å². The quantitative estimate of drug-likeness (QED) is 0.888. The zero-order valence-corrected chi connectivity index (χ0v) is 10.6. The number of rotatable bonds is 5. The molecule has 0 aliphatic rings. The van der Waals surface area contributed by atoms with Gasteiger partial charge in [-0.1, -0.05) is 30.6 Å². The first kappa shape index (κ1) is 12.1. The lowest BCUT2D eigenvalue weighted by Crippen LogP contribution is -2.21. The van der Waals surface area contributed by atoms with Gasteiger partial charge in [-0.05, 0) is 0 Å². The van der Waals surface area contributed by atoms with Crippen molar-refractivity contribution >= 4 is 11.6 Å². The maximum absolute atomic E-state index is 5.78.